The molecule has 3 heteroatoms. The van der Waals surface area contributed by atoms with Crippen molar-refractivity contribution in [2.75, 3.05) is 19.7 Å². The molecule has 16 heavy (non-hydrogen) atoms. The van der Waals surface area contributed by atoms with Crippen molar-refractivity contribution in [1.82, 2.24) is 5.32 Å². The summed E-state index contributed by atoms with van der Waals surface area (Å²) in [4.78, 5) is 11.0. The number of nitrogens with one attached hydrogen (secondary N) is 1. The lowest BCUT2D eigenvalue weighted by Crippen LogP contribution is -2.21. The maximum Gasteiger partial charge on any atom is 0.330 e. The maximum absolute atomic E-state index is 11.0. The van der Waals surface area contributed by atoms with E-state index in [1.165, 1.54) is 25.3 Å². The van der Waals surface area contributed by atoms with Crippen LogP contribution < -0.4 is 5.32 Å². The Morgan fingerprint density at radius 2 is 2.31 bits per heavy atom. The van der Waals surface area contributed by atoms with E-state index >= 15 is 0 Å². The maximum atomic E-state index is 11.0. The van der Waals surface area contributed by atoms with E-state index in [1.807, 2.05) is 13.0 Å². The van der Waals surface area contributed by atoms with Crippen LogP contribution in [0.4, 0.5) is 0 Å². The predicted molar refractivity (Wildman–Crippen MR) is 65.1 cm³/mol. The first-order chi connectivity index (χ1) is 7.72. The molecule has 0 aromatic carbocycles. The van der Waals surface area contributed by atoms with Crippen LogP contribution in [0.5, 0.6) is 0 Å². The molecule has 0 aromatic rings. The third-order valence-electron chi connectivity index (χ3n) is 3.04. The Balaban J connectivity index is 2.01. The van der Waals surface area contributed by atoms with Crippen LogP contribution in [0.3, 0.4) is 0 Å². The topological polar surface area (TPSA) is 38.3 Å². The molecular weight excluding hydrogens is 202 g/mol. The second-order valence-electron chi connectivity index (χ2n) is 4.60. The Morgan fingerprint density at radius 1 is 1.50 bits per heavy atom. The van der Waals surface area contributed by atoms with E-state index in [4.69, 9.17) is 4.74 Å². The highest BCUT2D eigenvalue weighted by Crippen LogP contribution is 2.29. The van der Waals surface area contributed by atoms with Crippen molar-refractivity contribution in [3.63, 3.8) is 0 Å². The van der Waals surface area contributed by atoms with Crippen LogP contribution in [0, 0.1) is 11.8 Å². The summed E-state index contributed by atoms with van der Waals surface area (Å²) < 4.78 is 4.78. The molecule has 2 atom stereocenters. The highest BCUT2D eigenvalue weighted by Gasteiger charge is 2.20. The zero-order valence-corrected chi connectivity index (χ0v) is 10.4. The average Bonchev–Trinajstić information content (AvgIpc) is 2.64. The Hall–Kier alpha value is -0.830. The molecule has 92 valence electrons. The van der Waals surface area contributed by atoms with Gasteiger partial charge in [0.2, 0.25) is 0 Å². The number of carbonyl (C=O) groups excluding carboxylic acids is 1. The lowest BCUT2D eigenvalue weighted by atomic mass is 10.1. The minimum absolute atomic E-state index is 0.251. The van der Waals surface area contributed by atoms with Crippen LogP contribution in [-0.2, 0) is 9.53 Å². The van der Waals surface area contributed by atoms with Crippen LogP contribution in [-0.4, -0.2) is 25.7 Å². The van der Waals surface area contributed by atoms with Gasteiger partial charge in [-0.3, -0.25) is 0 Å². The van der Waals surface area contributed by atoms with Crippen molar-refractivity contribution < 1.29 is 9.53 Å². The normalized spacial score (nSPS) is 25.1. The van der Waals surface area contributed by atoms with Crippen LogP contribution >= 0.6 is 0 Å². The predicted octanol–water partition coefficient (Wildman–Crippen LogP) is 2.13. The quantitative estimate of drug-likeness (QED) is 0.427. The third kappa shape index (κ3) is 5.31. The van der Waals surface area contributed by atoms with E-state index in [1.54, 1.807) is 0 Å². The lowest BCUT2D eigenvalue weighted by Gasteiger charge is -2.09. The Kier molecular flexibility index (Phi) is 6.16. The fraction of sp³-hybridized carbons (Fsp3) is 0.769. The molecule has 1 fully saturated rings. The van der Waals surface area contributed by atoms with Gasteiger partial charge in [0, 0.05) is 12.6 Å². The van der Waals surface area contributed by atoms with Crippen molar-refractivity contribution >= 4 is 5.97 Å². The zero-order valence-electron chi connectivity index (χ0n) is 10.4. The fourth-order valence-electron chi connectivity index (χ4n) is 2.23. The molecule has 0 spiro atoms. The highest BCUT2D eigenvalue weighted by molar-refractivity contribution is 5.81. The first-order valence-electron chi connectivity index (χ1n) is 6.26. The Morgan fingerprint density at radius 3 is 2.94 bits per heavy atom. The summed E-state index contributed by atoms with van der Waals surface area (Å²) >= 11 is 0. The molecule has 1 aliphatic rings. The van der Waals surface area contributed by atoms with Crippen LogP contribution in [0.25, 0.3) is 0 Å². The molecule has 0 heterocycles. The van der Waals surface area contributed by atoms with Gasteiger partial charge in [-0.25, -0.2) is 4.79 Å². The number of hydrogen-bond acceptors (Lipinski definition) is 3. The second kappa shape index (κ2) is 7.44. The first-order valence-corrected chi connectivity index (χ1v) is 6.26. The standard InChI is InChI=1S/C13H23NO2/c1-3-16-13(15)5-4-8-14-10-12-7-6-11(2)9-12/h4-5,11-12,14H,3,6-10H2,1-2H3/b5-4+. The molecule has 0 aliphatic heterocycles. The molecule has 0 aromatic heterocycles. The number of rotatable bonds is 6. The van der Waals surface area contributed by atoms with Crippen LogP contribution in [0.15, 0.2) is 12.2 Å². The molecule has 1 saturated carbocycles. The Labute approximate surface area is 98.2 Å². The van der Waals surface area contributed by atoms with Gasteiger partial charge in [-0.15, -0.1) is 0 Å². The first kappa shape index (κ1) is 13.2. The summed E-state index contributed by atoms with van der Waals surface area (Å²) in [5, 5.41) is 3.35. The van der Waals surface area contributed by atoms with Gasteiger partial charge in [0.25, 0.3) is 0 Å². The van der Waals surface area contributed by atoms with E-state index in [2.05, 4.69) is 12.2 Å². The molecular formula is C13H23NO2. The fourth-order valence-corrected chi connectivity index (χ4v) is 2.23. The molecule has 1 aliphatic carbocycles. The third-order valence-corrected chi connectivity index (χ3v) is 3.04. The summed E-state index contributed by atoms with van der Waals surface area (Å²) in [5.74, 6) is 1.46. The highest BCUT2D eigenvalue weighted by atomic mass is 16.5. The zero-order chi connectivity index (χ0) is 11.8. The molecule has 0 bridgehead atoms. The number of hydrogen-bond donors (Lipinski definition) is 1. The van der Waals surface area contributed by atoms with Gasteiger partial charge in [-0.05, 0) is 38.1 Å². The van der Waals surface area contributed by atoms with Gasteiger partial charge < -0.3 is 10.1 Å². The summed E-state index contributed by atoms with van der Waals surface area (Å²) in [7, 11) is 0. The van der Waals surface area contributed by atoms with Gasteiger partial charge in [-0.2, -0.15) is 0 Å². The van der Waals surface area contributed by atoms with E-state index in [0.717, 1.165) is 24.9 Å². The molecule has 0 radical (unpaired) electrons. The number of esters is 1. The van der Waals surface area contributed by atoms with Crippen molar-refractivity contribution in [1.29, 1.82) is 0 Å². The van der Waals surface area contributed by atoms with Gasteiger partial charge in [-0.1, -0.05) is 19.4 Å². The number of carbonyl (C=O) groups is 1. The lowest BCUT2D eigenvalue weighted by molar-refractivity contribution is -0.137. The van der Waals surface area contributed by atoms with E-state index in [0.29, 0.717) is 6.61 Å². The average molecular weight is 225 g/mol. The molecule has 2 unspecified atom stereocenters. The molecule has 3 nitrogen and oxygen atoms in total. The van der Waals surface area contributed by atoms with E-state index in [9.17, 15) is 4.79 Å². The van der Waals surface area contributed by atoms with Crippen molar-refractivity contribution in [2.24, 2.45) is 11.8 Å². The molecule has 1 N–H and O–H groups in total. The van der Waals surface area contributed by atoms with Gasteiger partial charge >= 0.3 is 5.97 Å². The van der Waals surface area contributed by atoms with Crippen LogP contribution in [0.2, 0.25) is 0 Å². The monoisotopic (exact) mass is 225 g/mol. The smallest absolute Gasteiger partial charge is 0.330 e. The summed E-state index contributed by atoms with van der Waals surface area (Å²) in [6.07, 6.45) is 7.37. The van der Waals surface area contributed by atoms with Crippen molar-refractivity contribution in [2.45, 2.75) is 33.1 Å². The number of ether oxygens (including phenoxy) is 1. The van der Waals surface area contributed by atoms with Crippen molar-refractivity contribution in [3.8, 4) is 0 Å². The molecule has 1 rings (SSSR count). The minimum Gasteiger partial charge on any atom is -0.463 e. The van der Waals surface area contributed by atoms with E-state index in [-0.39, 0.29) is 5.97 Å². The van der Waals surface area contributed by atoms with Crippen molar-refractivity contribution in [3.05, 3.63) is 12.2 Å². The Bertz CT molecular complexity index is 238. The molecule has 0 amide bonds. The SMILES string of the molecule is CCOC(=O)/C=C/CNCC1CCC(C)C1. The second-order valence-corrected chi connectivity index (χ2v) is 4.60. The summed E-state index contributed by atoms with van der Waals surface area (Å²) in [6.45, 7) is 6.39. The minimum atomic E-state index is -0.251. The summed E-state index contributed by atoms with van der Waals surface area (Å²) in [5.41, 5.74) is 0. The largest absolute Gasteiger partial charge is 0.463 e. The van der Waals surface area contributed by atoms with Crippen LogP contribution in [0.1, 0.15) is 33.1 Å². The van der Waals surface area contributed by atoms with Gasteiger partial charge in [0.05, 0.1) is 6.61 Å². The molecule has 0 saturated heterocycles. The van der Waals surface area contributed by atoms with Gasteiger partial charge in [0.1, 0.15) is 0 Å². The summed E-state index contributed by atoms with van der Waals surface area (Å²) in [6, 6.07) is 0. The van der Waals surface area contributed by atoms with E-state index < -0.39 is 0 Å². The van der Waals surface area contributed by atoms with Gasteiger partial charge in [0.15, 0.2) is 0 Å².